The molecule has 0 radical (unpaired) electrons. The summed E-state index contributed by atoms with van der Waals surface area (Å²) in [5.74, 6) is -0.716. The molecule has 0 aliphatic heterocycles. The molecule has 1 aromatic heterocycles. The van der Waals surface area contributed by atoms with E-state index in [9.17, 15) is 31.1 Å². The highest BCUT2D eigenvalue weighted by molar-refractivity contribution is 6.44. The molecule has 158 valence electrons. The number of benzene rings is 2. The predicted molar refractivity (Wildman–Crippen MR) is 98.0 cm³/mol. The van der Waals surface area contributed by atoms with Gasteiger partial charge in [0.15, 0.2) is 5.69 Å². The zero-order valence-electron chi connectivity index (χ0n) is 14.4. The van der Waals surface area contributed by atoms with Gasteiger partial charge in [-0.2, -0.15) is 31.4 Å². The van der Waals surface area contributed by atoms with Gasteiger partial charge in [0.2, 0.25) is 0 Å². The van der Waals surface area contributed by atoms with Gasteiger partial charge in [0.05, 0.1) is 21.3 Å². The molecule has 0 saturated heterocycles. The molecule has 4 nitrogen and oxygen atoms in total. The van der Waals surface area contributed by atoms with E-state index in [-0.39, 0.29) is 37.7 Å². The van der Waals surface area contributed by atoms with Crippen LogP contribution in [0, 0.1) is 0 Å². The van der Waals surface area contributed by atoms with Crippen molar-refractivity contribution in [2.75, 3.05) is 5.32 Å². The van der Waals surface area contributed by atoms with Crippen molar-refractivity contribution in [1.29, 1.82) is 0 Å². The van der Waals surface area contributed by atoms with Gasteiger partial charge in [-0.25, -0.2) is 4.68 Å². The normalized spacial score (nSPS) is 12.1. The number of hydrogen-bond donors (Lipinski definition) is 1. The standard InChI is InChI=1S/C18H9Cl2F6N3O/c19-12-6-2-5-11(15(12)20)16(30)27-9-3-1-4-10(7-9)29-14(18(24,25)26)8-13(28-29)17(21,22)23/h1-8H,(H,27,30). The van der Waals surface area contributed by atoms with Gasteiger partial charge in [0, 0.05) is 11.8 Å². The SMILES string of the molecule is O=C(Nc1cccc(-n2nc(C(F)(F)F)cc2C(F)(F)F)c1)c1cccc(Cl)c1Cl. The van der Waals surface area contributed by atoms with Crippen LogP contribution in [-0.4, -0.2) is 15.7 Å². The third-order valence-electron chi connectivity index (χ3n) is 3.84. The van der Waals surface area contributed by atoms with Crippen LogP contribution in [0.1, 0.15) is 21.7 Å². The number of rotatable bonds is 3. The van der Waals surface area contributed by atoms with Crippen molar-refractivity contribution in [3.05, 3.63) is 75.5 Å². The molecule has 2 aromatic carbocycles. The first kappa shape index (κ1) is 22.0. The third kappa shape index (κ3) is 4.54. The molecular weight excluding hydrogens is 459 g/mol. The summed E-state index contributed by atoms with van der Waals surface area (Å²) >= 11 is 11.8. The maximum atomic E-state index is 13.2. The second-order valence-electron chi connectivity index (χ2n) is 5.93. The lowest BCUT2D eigenvalue weighted by molar-refractivity contribution is -0.143. The van der Waals surface area contributed by atoms with Crippen LogP contribution in [0.5, 0.6) is 0 Å². The van der Waals surface area contributed by atoms with Crippen molar-refractivity contribution in [3.8, 4) is 5.69 Å². The van der Waals surface area contributed by atoms with Gasteiger partial charge < -0.3 is 5.32 Å². The van der Waals surface area contributed by atoms with Crippen LogP contribution in [0.3, 0.4) is 0 Å². The highest BCUT2D eigenvalue weighted by Gasteiger charge is 2.42. The molecule has 30 heavy (non-hydrogen) atoms. The number of nitrogens with zero attached hydrogens (tertiary/aromatic N) is 2. The minimum Gasteiger partial charge on any atom is -0.322 e. The molecule has 0 unspecified atom stereocenters. The summed E-state index contributed by atoms with van der Waals surface area (Å²) in [5, 5.41) is 5.53. The molecule has 3 aromatic rings. The molecule has 0 atom stereocenters. The summed E-state index contributed by atoms with van der Waals surface area (Å²) in [6.45, 7) is 0. The van der Waals surface area contributed by atoms with E-state index in [1.807, 2.05) is 0 Å². The van der Waals surface area contributed by atoms with E-state index < -0.39 is 29.6 Å². The number of hydrogen-bond acceptors (Lipinski definition) is 2. The van der Waals surface area contributed by atoms with Gasteiger partial charge in [0.25, 0.3) is 5.91 Å². The first-order chi connectivity index (χ1) is 13.9. The Labute approximate surface area is 175 Å². The highest BCUT2D eigenvalue weighted by atomic mass is 35.5. The molecule has 1 amide bonds. The summed E-state index contributed by atoms with van der Waals surface area (Å²) in [6, 6.07) is 8.95. The van der Waals surface area contributed by atoms with E-state index in [4.69, 9.17) is 23.2 Å². The van der Waals surface area contributed by atoms with Gasteiger partial charge in [-0.3, -0.25) is 4.79 Å². The van der Waals surface area contributed by atoms with Crippen molar-refractivity contribution < 1.29 is 31.1 Å². The molecule has 0 aliphatic carbocycles. The average molecular weight is 468 g/mol. The van der Waals surface area contributed by atoms with Gasteiger partial charge in [-0.05, 0) is 30.3 Å². The van der Waals surface area contributed by atoms with Gasteiger partial charge in [-0.1, -0.05) is 35.3 Å². The zero-order valence-corrected chi connectivity index (χ0v) is 16.0. The van der Waals surface area contributed by atoms with E-state index in [1.54, 1.807) is 0 Å². The maximum absolute atomic E-state index is 13.2. The molecule has 12 heteroatoms. The number of anilines is 1. The van der Waals surface area contributed by atoms with Gasteiger partial charge in [-0.15, -0.1) is 0 Å². The Morgan fingerprint density at radius 2 is 1.60 bits per heavy atom. The van der Waals surface area contributed by atoms with Gasteiger partial charge >= 0.3 is 12.4 Å². The van der Waals surface area contributed by atoms with Crippen LogP contribution >= 0.6 is 23.2 Å². The molecule has 0 fully saturated rings. The number of nitrogens with one attached hydrogen (secondary N) is 1. The van der Waals surface area contributed by atoms with Crippen molar-refractivity contribution in [1.82, 2.24) is 9.78 Å². The topological polar surface area (TPSA) is 46.9 Å². The number of carbonyl (C=O) groups excluding carboxylic acids is 1. The summed E-state index contributed by atoms with van der Waals surface area (Å²) < 4.78 is 78.4. The Balaban J connectivity index is 1.99. The number of aromatic nitrogens is 2. The van der Waals surface area contributed by atoms with E-state index >= 15 is 0 Å². The van der Waals surface area contributed by atoms with Crippen LogP contribution in [0.15, 0.2) is 48.5 Å². The maximum Gasteiger partial charge on any atom is 0.435 e. The monoisotopic (exact) mass is 467 g/mol. The molecule has 0 aliphatic rings. The molecule has 0 bridgehead atoms. The lowest BCUT2D eigenvalue weighted by Crippen LogP contribution is -2.15. The zero-order chi connectivity index (χ0) is 22.3. The minimum absolute atomic E-state index is 0.00370. The fourth-order valence-electron chi connectivity index (χ4n) is 2.51. The lowest BCUT2D eigenvalue weighted by Gasteiger charge is -2.12. The number of amides is 1. The van der Waals surface area contributed by atoms with Crippen molar-refractivity contribution >= 4 is 34.8 Å². The van der Waals surface area contributed by atoms with E-state index in [2.05, 4.69) is 10.4 Å². The average Bonchev–Trinajstić information content (AvgIpc) is 3.10. The van der Waals surface area contributed by atoms with Crippen molar-refractivity contribution in [2.45, 2.75) is 12.4 Å². The van der Waals surface area contributed by atoms with E-state index in [0.29, 0.717) is 0 Å². The van der Waals surface area contributed by atoms with Crippen LogP contribution in [0.4, 0.5) is 32.0 Å². The number of alkyl halides is 6. The van der Waals surface area contributed by atoms with Crippen LogP contribution in [0.2, 0.25) is 10.0 Å². The fourth-order valence-corrected chi connectivity index (χ4v) is 2.90. The second kappa shape index (κ2) is 7.84. The van der Waals surface area contributed by atoms with Crippen LogP contribution in [-0.2, 0) is 12.4 Å². The Hall–Kier alpha value is -2.72. The Morgan fingerprint density at radius 1 is 0.933 bits per heavy atom. The number of halogens is 8. The molecule has 3 rings (SSSR count). The summed E-state index contributed by atoms with van der Waals surface area (Å²) in [6.07, 6.45) is -10.2. The van der Waals surface area contributed by atoms with Crippen molar-refractivity contribution in [3.63, 3.8) is 0 Å². The molecule has 1 heterocycles. The molecule has 0 spiro atoms. The first-order valence-corrected chi connectivity index (χ1v) is 8.74. The minimum atomic E-state index is -5.09. The second-order valence-corrected chi connectivity index (χ2v) is 6.71. The summed E-state index contributed by atoms with van der Waals surface area (Å²) in [7, 11) is 0. The third-order valence-corrected chi connectivity index (χ3v) is 4.65. The largest absolute Gasteiger partial charge is 0.435 e. The first-order valence-electron chi connectivity index (χ1n) is 7.98. The summed E-state index contributed by atoms with van der Waals surface area (Å²) in [4.78, 5) is 12.4. The summed E-state index contributed by atoms with van der Waals surface area (Å²) in [5.41, 5.74) is -3.64. The quantitative estimate of drug-likeness (QED) is 0.448. The highest BCUT2D eigenvalue weighted by Crippen LogP contribution is 2.36. The lowest BCUT2D eigenvalue weighted by atomic mass is 10.2. The predicted octanol–water partition coefficient (Wildman–Crippen LogP) is 6.47. The smallest absolute Gasteiger partial charge is 0.322 e. The number of carbonyl (C=O) groups is 1. The van der Waals surface area contributed by atoms with Gasteiger partial charge in [0.1, 0.15) is 5.69 Å². The van der Waals surface area contributed by atoms with Crippen LogP contribution < -0.4 is 5.32 Å². The van der Waals surface area contributed by atoms with E-state index in [1.165, 1.54) is 30.3 Å². The Bertz CT molecular complexity index is 1110. The van der Waals surface area contributed by atoms with Crippen LogP contribution in [0.25, 0.3) is 5.69 Å². The fraction of sp³-hybridized carbons (Fsp3) is 0.111. The van der Waals surface area contributed by atoms with Crippen molar-refractivity contribution in [2.24, 2.45) is 0 Å². The molecule has 1 N–H and O–H groups in total. The molecular formula is C18H9Cl2F6N3O. The van der Waals surface area contributed by atoms with E-state index in [0.717, 1.165) is 12.1 Å². The molecule has 0 saturated carbocycles. The Morgan fingerprint density at radius 3 is 2.23 bits per heavy atom. The Kier molecular flexibility index (Phi) is 5.74.